The number of thioether (sulfide) groups is 1. The number of thiazole rings is 1. The van der Waals surface area contributed by atoms with Crippen LogP contribution in [0.3, 0.4) is 0 Å². The lowest BCUT2D eigenvalue weighted by atomic mass is 10.2. The molecule has 2 aromatic carbocycles. The highest BCUT2D eigenvalue weighted by Crippen LogP contribution is 2.32. The minimum atomic E-state index is -0.729. The fourth-order valence-electron chi connectivity index (χ4n) is 3.06. The molecule has 8 heteroatoms. The summed E-state index contributed by atoms with van der Waals surface area (Å²) in [5.41, 5.74) is 0.960. The second-order valence-electron chi connectivity index (χ2n) is 6.83. The third-order valence-corrected chi connectivity index (χ3v) is 6.69. The van der Waals surface area contributed by atoms with Crippen molar-refractivity contribution in [2.45, 2.75) is 24.3 Å². The molecule has 4 nitrogen and oxygen atoms in total. The van der Waals surface area contributed by atoms with Crippen molar-refractivity contribution in [2.24, 2.45) is 0 Å². The van der Waals surface area contributed by atoms with Gasteiger partial charge in [0.1, 0.15) is 11.3 Å². The summed E-state index contributed by atoms with van der Waals surface area (Å²) in [5, 5.41) is 0.358. The van der Waals surface area contributed by atoms with E-state index in [1.165, 1.54) is 6.07 Å². The predicted molar refractivity (Wildman–Crippen MR) is 121 cm³/mol. The smallest absolute Gasteiger partial charge is 0.229 e. The van der Waals surface area contributed by atoms with Gasteiger partial charge in [0.25, 0.3) is 0 Å². The quantitative estimate of drug-likeness (QED) is 0.239. The van der Waals surface area contributed by atoms with Crippen LogP contribution in [0.4, 0.5) is 13.9 Å². The number of amides is 1. The number of nitrogens with zero attached hydrogens (tertiary/aromatic N) is 3. The Morgan fingerprint density at radius 1 is 1.06 bits per heavy atom. The largest absolute Gasteiger partial charge is 0.284 e. The molecule has 4 aromatic rings. The maximum atomic E-state index is 14.2. The summed E-state index contributed by atoms with van der Waals surface area (Å²) in [6.45, 7) is 0.289. The molecule has 31 heavy (non-hydrogen) atoms. The fraction of sp³-hybridized carbons (Fsp3) is 0.174. The van der Waals surface area contributed by atoms with Gasteiger partial charge in [-0.25, -0.2) is 13.8 Å². The third kappa shape index (κ3) is 5.45. The summed E-state index contributed by atoms with van der Waals surface area (Å²) in [4.78, 5) is 24.1. The number of fused-ring (bicyclic) bond motifs is 1. The number of hydrogen-bond acceptors (Lipinski definition) is 5. The van der Waals surface area contributed by atoms with E-state index < -0.39 is 11.6 Å². The molecule has 0 aliphatic rings. The van der Waals surface area contributed by atoms with Crippen molar-refractivity contribution in [1.82, 2.24) is 9.97 Å². The lowest BCUT2D eigenvalue weighted by Crippen LogP contribution is -2.30. The molecule has 0 spiro atoms. The highest BCUT2D eigenvalue weighted by atomic mass is 32.2. The van der Waals surface area contributed by atoms with Gasteiger partial charge in [0.2, 0.25) is 5.91 Å². The monoisotopic (exact) mass is 455 g/mol. The van der Waals surface area contributed by atoms with Crippen molar-refractivity contribution >= 4 is 44.4 Å². The first-order valence-corrected chi connectivity index (χ1v) is 11.5. The van der Waals surface area contributed by atoms with E-state index in [0.717, 1.165) is 33.6 Å². The molecule has 0 unspecified atom stereocenters. The van der Waals surface area contributed by atoms with Gasteiger partial charge in [0, 0.05) is 29.8 Å². The van der Waals surface area contributed by atoms with E-state index in [-0.39, 0.29) is 18.0 Å². The summed E-state index contributed by atoms with van der Waals surface area (Å²) >= 11 is 2.81. The van der Waals surface area contributed by atoms with Gasteiger partial charge in [-0.05, 0) is 48.1 Å². The predicted octanol–water partition coefficient (Wildman–Crippen LogP) is 6.08. The topological polar surface area (TPSA) is 46.1 Å². The van der Waals surface area contributed by atoms with Gasteiger partial charge in [0.15, 0.2) is 10.9 Å². The van der Waals surface area contributed by atoms with E-state index in [0.29, 0.717) is 22.7 Å². The Labute approximate surface area is 187 Å². The second kappa shape index (κ2) is 9.98. The zero-order valence-corrected chi connectivity index (χ0v) is 18.1. The van der Waals surface area contributed by atoms with E-state index in [1.807, 2.05) is 42.5 Å². The van der Waals surface area contributed by atoms with Crippen LogP contribution in [0, 0.1) is 11.6 Å². The van der Waals surface area contributed by atoms with Gasteiger partial charge in [-0.1, -0.05) is 29.5 Å². The molecular weight excluding hydrogens is 436 g/mol. The molecule has 0 saturated carbocycles. The molecule has 2 heterocycles. The van der Waals surface area contributed by atoms with Crippen LogP contribution < -0.4 is 4.90 Å². The van der Waals surface area contributed by atoms with Crippen LogP contribution in [-0.2, 0) is 11.3 Å². The van der Waals surface area contributed by atoms with Crippen LogP contribution >= 0.6 is 23.1 Å². The maximum absolute atomic E-state index is 14.2. The minimum Gasteiger partial charge on any atom is -0.284 e. The number of pyridine rings is 1. The van der Waals surface area contributed by atoms with Gasteiger partial charge < -0.3 is 0 Å². The van der Waals surface area contributed by atoms with E-state index >= 15 is 0 Å². The molecule has 1 amide bonds. The van der Waals surface area contributed by atoms with Crippen molar-refractivity contribution in [3.8, 4) is 0 Å². The Balaban J connectivity index is 1.51. The van der Waals surface area contributed by atoms with Crippen LogP contribution in [0.2, 0.25) is 0 Å². The van der Waals surface area contributed by atoms with Gasteiger partial charge in [0.05, 0.1) is 11.2 Å². The lowest BCUT2D eigenvalue weighted by Gasteiger charge is -2.20. The SMILES string of the molecule is O=C(CCCSc1ccccc1)N(Cc1ccncc1)c1nc2c(F)cc(F)cc2s1. The van der Waals surface area contributed by atoms with Crippen LogP contribution in [0.1, 0.15) is 18.4 Å². The van der Waals surface area contributed by atoms with E-state index in [1.54, 1.807) is 29.1 Å². The molecule has 0 aliphatic carbocycles. The first-order valence-electron chi connectivity index (χ1n) is 9.73. The van der Waals surface area contributed by atoms with E-state index in [2.05, 4.69) is 9.97 Å². The van der Waals surface area contributed by atoms with Crippen molar-refractivity contribution in [2.75, 3.05) is 10.7 Å². The normalized spacial score (nSPS) is 11.0. The number of carbonyl (C=O) groups excluding carboxylic acids is 1. The second-order valence-corrected chi connectivity index (χ2v) is 9.01. The molecule has 0 bridgehead atoms. The number of hydrogen-bond donors (Lipinski definition) is 0. The molecule has 4 rings (SSSR count). The van der Waals surface area contributed by atoms with Gasteiger partial charge in [-0.2, -0.15) is 0 Å². The van der Waals surface area contributed by atoms with E-state index in [4.69, 9.17) is 0 Å². The number of anilines is 1. The number of halogens is 2. The molecular formula is C23H19F2N3OS2. The van der Waals surface area contributed by atoms with Gasteiger partial charge in [-0.15, -0.1) is 11.8 Å². The third-order valence-electron chi connectivity index (χ3n) is 4.57. The Bertz CT molecular complexity index is 1170. The van der Waals surface area contributed by atoms with Gasteiger partial charge in [-0.3, -0.25) is 14.7 Å². The van der Waals surface area contributed by atoms with Crippen LogP contribution in [-0.4, -0.2) is 21.6 Å². The Hall–Kier alpha value is -2.84. The molecule has 2 aromatic heterocycles. The Morgan fingerprint density at radius 2 is 1.84 bits per heavy atom. The van der Waals surface area contributed by atoms with Crippen molar-refractivity contribution in [1.29, 1.82) is 0 Å². The molecule has 0 saturated heterocycles. The fourth-order valence-corrected chi connectivity index (χ4v) is 4.95. The molecule has 158 valence electrons. The van der Waals surface area contributed by atoms with Crippen molar-refractivity contribution < 1.29 is 13.6 Å². The average molecular weight is 456 g/mol. The lowest BCUT2D eigenvalue weighted by molar-refractivity contribution is -0.118. The highest BCUT2D eigenvalue weighted by Gasteiger charge is 2.21. The summed E-state index contributed by atoms with van der Waals surface area (Å²) in [5.74, 6) is -0.693. The number of benzene rings is 2. The zero-order valence-electron chi connectivity index (χ0n) is 16.5. The maximum Gasteiger partial charge on any atom is 0.229 e. The molecule has 0 N–H and O–H groups in total. The summed E-state index contributed by atoms with van der Waals surface area (Å²) in [6, 6.07) is 15.7. The first kappa shape index (κ1) is 21.4. The van der Waals surface area contributed by atoms with Crippen LogP contribution in [0.15, 0.2) is 71.9 Å². The van der Waals surface area contributed by atoms with Crippen molar-refractivity contribution in [3.63, 3.8) is 0 Å². The van der Waals surface area contributed by atoms with Crippen LogP contribution in [0.25, 0.3) is 10.2 Å². The molecule has 0 aliphatic heterocycles. The standard InChI is InChI=1S/C23H19F2N3OS2/c24-17-13-19(25)22-20(14-17)31-23(27-22)28(15-16-8-10-26-11-9-16)21(29)7-4-12-30-18-5-2-1-3-6-18/h1-3,5-6,8-11,13-14H,4,7,12,15H2. The number of carbonyl (C=O) groups is 1. The number of aromatic nitrogens is 2. The molecule has 0 fully saturated rings. The number of rotatable bonds is 8. The van der Waals surface area contributed by atoms with Crippen molar-refractivity contribution in [3.05, 3.63) is 84.2 Å². The average Bonchev–Trinajstić information content (AvgIpc) is 3.20. The molecule has 0 atom stereocenters. The highest BCUT2D eigenvalue weighted by molar-refractivity contribution is 7.99. The van der Waals surface area contributed by atoms with Gasteiger partial charge >= 0.3 is 0 Å². The first-order chi connectivity index (χ1) is 15.1. The molecule has 0 radical (unpaired) electrons. The minimum absolute atomic E-state index is 0.0774. The Morgan fingerprint density at radius 3 is 2.61 bits per heavy atom. The van der Waals surface area contributed by atoms with E-state index in [9.17, 15) is 13.6 Å². The zero-order chi connectivity index (χ0) is 21.6. The summed E-state index contributed by atoms with van der Waals surface area (Å²) in [6.07, 6.45) is 4.33. The van der Waals surface area contributed by atoms with Crippen LogP contribution in [0.5, 0.6) is 0 Å². The summed E-state index contributed by atoms with van der Waals surface area (Å²) < 4.78 is 28.1. The Kier molecular flexibility index (Phi) is 6.89. The summed E-state index contributed by atoms with van der Waals surface area (Å²) in [7, 11) is 0.